The molecule has 0 saturated heterocycles. The second-order valence-corrected chi connectivity index (χ2v) is 6.86. The molecule has 2 rings (SSSR count). The monoisotopic (exact) mass is 294 g/mol. The Balaban J connectivity index is 1.90. The van der Waals surface area contributed by atoms with Gasteiger partial charge in [-0.2, -0.15) is 4.73 Å². The van der Waals surface area contributed by atoms with Crippen molar-refractivity contribution < 1.29 is 9.52 Å². The molecule has 1 amide bonds. The number of hydrogen-bond acceptors (Lipinski definition) is 3. The van der Waals surface area contributed by atoms with Gasteiger partial charge in [-0.1, -0.05) is 19.8 Å². The molecule has 1 aliphatic carbocycles. The molecule has 1 aliphatic rings. The van der Waals surface area contributed by atoms with Gasteiger partial charge < -0.3 is 10.5 Å². The first-order chi connectivity index (χ1) is 9.58. The summed E-state index contributed by atoms with van der Waals surface area (Å²) in [6, 6.07) is 5.52. The van der Waals surface area contributed by atoms with Gasteiger partial charge in [-0.25, -0.2) is 0 Å². The van der Waals surface area contributed by atoms with Gasteiger partial charge in [-0.3, -0.25) is 4.79 Å². The number of thioether (sulfide) groups is 1. The minimum Gasteiger partial charge on any atom is -0.618 e. The minimum absolute atomic E-state index is 0.0256. The Bertz CT molecular complexity index is 467. The van der Waals surface area contributed by atoms with E-state index < -0.39 is 0 Å². The molecule has 1 saturated carbocycles. The summed E-state index contributed by atoms with van der Waals surface area (Å²) in [7, 11) is 0. The molecule has 5 heteroatoms. The molecule has 20 heavy (non-hydrogen) atoms. The molecule has 0 aromatic carbocycles. The van der Waals surface area contributed by atoms with Crippen molar-refractivity contribution in [3.8, 4) is 0 Å². The third-order valence-electron chi connectivity index (χ3n) is 3.89. The Labute approximate surface area is 124 Å². The number of carbonyl (C=O) groups is 1. The van der Waals surface area contributed by atoms with Crippen molar-refractivity contribution in [1.82, 2.24) is 5.32 Å². The van der Waals surface area contributed by atoms with E-state index in [4.69, 9.17) is 0 Å². The molecular formula is C15H22N2O2S. The first-order valence-electron chi connectivity index (χ1n) is 7.23. The highest BCUT2D eigenvalue weighted by Crippen LogP contribution is 2.25. The van der Waals surface area contributed by atoms with E-state index in [-0.39, 0.29) is 17.2 Å². The van der Waals surface area contributed by atoms with Gasteiger partial charge in [-0.05, 0) is 43.5 Å². The minimum atomic E-state index is -0.258. The summed E-state index contributed by atoms with van der Waals surface area (Å²) in [6.07, 6.45) is 6.16. The summed E-state index contributed by atoms with van der Waals surface area (Å²) < 4.78 is 0.803. The lowest BCUT2D eigenvalue weighted by atomic mass is 9.86. The van der Waals surface area contributed by atoms with E-state index in [1.165, 1.54) is 37.2 Å². The summed E-state index contributed by atoms with van der Waals surface area (Å²) in [6.45, 7) is 4.05. The van der Waals surface area contributed by atoms with E-state index in [0.717, 1.165) is 11.2 Å². The molecule has 0 bridgehead atoms. The molecule has 1 aromatic rings. The third-order valence-corrected chi connectivity index (χ3v) is 5.02. The SMILES string of the molecule is C[C@@H](Sc1cccc[n+]1[O-])C(=O)N[C@@H]1CCCC[C@@H]1C. The number of nitrogens with zero attached hydrogens (tertiary/aromatic N) is 1. The fourth-order valence-electron chi connectivity index (χ4n) is 2.57. The first kappa shape index (κ1) is 15.2. The lowest BCUT2D eigenvalue weighted by molar-refractivity contribution is -0.645. The summed E-state index contributed by atoms with van der Waals surface area (Å²) in [5, 5.41) is 15.0. The average Bonchev–Trinajstić information content (AvgIpc) is 2.43. The van der Waals surface area contributed by atoms with Crippen molar-refractivity contribution >= 4 is 17.7 Å². The third kappa shape index (κ3) is 3.88. The van der Waals surface area contributed by atoms with Crippen molar-refractivity contribution in [1.29, 1.82) is 0 Å². The van der Waals surface area contributed by atoms with E-state index in [1.54, 1.807) is 12.1 Å². The summed E-state index contributed by atoms with van der Waals surface area (Å²) in [5.41, 5.74) is 0. The van der Waals surface area contributed by atoms with Crippen LogP contribution in [0.5, 0.6) is 0 Å². The van der Waals surface area contributed by atoms with Crippen molar-refractivity contribution in [3.05, 3.63) is 29.6 Å². The molecule has 1 fully saturated rings. The Hall–Kier alpha value is -1.23. The second-order valence-electron chi connectivity index (χ2n) is 5.50. The predicted octanol–water partition coefficient (Wildman–Crippen LogP) is 2.50. The molecule has 0 radical (unpaired) electrons. The predicted molar refractivity (Wildman–Crippen MR) is 80.3 cm³/mol. The summed E-state index contributed by atoms with van der Waals surface area (Å²) in [4.78, 5) is 12.2. The van der Waals surface area contributed by atoms with Gasteiger partial charge in [0.05, 0.1) is 5.25 Å². The van der Waals surface area contributed by atoms with Crippen LogP contribution >= 0.6 is 11.8 Å². The smallest absolute Gasteiger partial charge is 0.252 e. The Morgan fingerprint density at radius 1 is 1.45 bits per heavy atom. The number of aromatic nitrogens is 1. The highest BCUT2D eigenvalue weighted by molar-refractivity contribution is 8.00. The first-order valence-corrected chi connectivity index (χ1v) is 8.11. The van der Waals surface area contributed by atoms with Crippen LogP contribution in [0.1, 0.15) is 39.5 Å². The van der Waals surface area contributed by atoms with Gasteiger partial charge in [0.15, 0.2) is 6.20 Å². The lowest BCUT2D eigenvalue weighted by Crippen LogP contribution is -2.44. The normalized spacial score (nSPS) is 24.1. The fraction of sp³-hybridized carbons (Fsp3) is 0.600. The maximum Gasteiger partial charge on any atom is 0.252 e. The zero-order valence-electron chi connectivity index (χ0n) is 12.0. The van der Waals surface area contributed by atoms with Gasteiger partial charge in [0.1, 0.15) is 0 Å². The topological polar surface area (TPSA) is 56.0 Å². The van der Waals surface area contributed by atoms with E-state index in [1.807, 2.05) is 13.0 Å². The number of hydrogen-bond donors (Lipinski definition) is 1. The summed E-state index contributed by atoms with van der Waals surface area (Å²) in [5.74, 6) is 0.573. The van der Waals surface area contributed by atoms with Crippen molar-refractivity contribution in [3.63, 3.8) is 0 Å². The molecule has 0 aliphatic heterocycles. The largest absolute Gasteiger partial charge is 0.618 e. The van der Waals surface area contributed by atoms with Crippen molar-refractivity contribution in [2.24, 2.45) is 5.92 Å². The number of pyridine rings is 1. The Morgan fingerprint density at radius 3 is 2.90 bits per heavy atom. The maximum atomic E-state index is 12.2. The van der Waals surface area contributed by atoms with Crippen LogP contribution in [0, 0.1) is 11.1 Å². The van der Waals surface area contributed by atoms with Gasteiger partial charge in [-0.15, -0.1) is 0 Å². The van der Waals surface area contributed by atoms with E-state index in [0.29, 0.717) is 10.9 Å². The maximum absolute atomic E-state index is 12.2. The highest BCUT2D eigenvalue weighted by atomic mass is 32.2. The van der Waals surface area contributed by atoms with Crippen LogP contribution in [0.25, 0.3) is 0 Å². The van der Waals surface area contributed by atoms with Gasteiger partial charge in [0, 0.05) is 18.2 Å². The molecule has 1 N–H and O–H groups in total. The highest BCUT2D eigenvalue weighted by Gasteiger charge is 2.26. The van der Waals surface area contributed by atoms with E-state index >= 15 is 0 Å². The van der Waals surface area contributed by atoms with Crippen LogP contribution in [0.15, 0.2) is 29.4 Å². The molecule has 1 heterocycles. The van der Waals surface area contributed by atoms with Crippen LogP contribution in [0.4, 0.5) is 0 Å². The van der Waals surface area contributed by atoms with Crippen molar-refractivity contribution in [2.75, 3.05) is 0 Å². The van der Waals surface area contributed by atoms with Crippen LogP contribution in [-0.4, -0.2) is 17.2 Å². The molecular weight excluding hydrogens is 272 g/mol. The lowest BCUT2D eigenvalue weighted by Gasteiger charge is -2.30. The van der Waals surface area contributed by atoms with E-state index in [2.05, 4.69) is 12.2 Å². The second kappa shape index (κ2) is 6.97. The Kier molecular flexibility index (Phi) is 5.29. The standard InChI is InChI=1S/C15H22N2O2S/c1-11-7-3-4-8-13(11)16-15(18)12(2)20-14-9-5-6-10-17(14)19/h5-6,9-13H,3-4,7-8H2,1-2H3,(H,16,18)/t11-,12+,13+/m0/s1. The van der Waals surface area contributed by atoms with Crippen LogP contribution in [0.2, 0.25) is 0 Å². The van der Waals surface area contributed by atoms with E-state index in [9.17, 15) is 10.0 Å². The number of carbonyl (C=O) groups excluding carboxylic acids is 1. The van der Waals surface area contributed by atoms with Crippen LogP contribution < -0.4 is 10.0 Å². The number of amides is 1. The number of nitrogens with one attached hydrogen (secondary N) is 1. The van der Waals surface area contributed by atoms with Crippen molar-refractivity contribution in [2.45, 2.75) is 55.8 Å². The fourth-order valence-corrected chi connectivity index (χ4v) is 3.43. The molecule has 1 aromatic heterocycles. The molecule has 0 unspecified atom stereocenters. The van der Waals surface area contributed by atoms with Crippen LogP contribution in [0.3, 0.4) is 0 Å². The van der Waals surface area contributed by atoms with Gasteiger partial charge in [0.25, 0.3) is 5.03 Å². The Morgan fingerprint density at radius 2 is 2.20 bits per heavy atom. The number of rotatable bonds is 4. The molecule has 3 atom stereocenters. The quantitative estimate of drug-likeness (QED) is 0.527. The summed E-state index contributed by atoms with van der Waals surface area (Å²) >= 11 is 1.31. The molecule has 110 valence electrons. The van der Waals surface area contributed by atoms with Crippen LogP contribution in [-0.2, 0) is 4.79 Å². The zero-order valence-corrected chi connectivity index (χ0v) is 12.9. The average molecular weight is 294 g/mol. The zero-order chi connectivity index (χ0) is 14.5. The molecule has 4 nitrogen and oxygen atoms in total. The molecule has 0 spiro atoms. The van der Waals surface area contributed by atoms with Gasteiger partial charge >= 0.3 is 0 Å². The van der Waals surface area contributed by atoms with Gasteiger partial charge in [0.2, 0.25) is 5.91 Å².